The van der Waals surface area contributed by atoms with E-state index in [0.717, 1.165) is 64.1 Å². The average Bonchev–Trinajstić information content (AvgIpc) is 3.60. The van der Waals surface area contributed by atoms with Crippen LogP contribution in [-0.2, 0) is 13.6 Å². The van der Waals surface area contributed by atoms with Crippen LogP contribution in [0.1, 0.15) is 28.9 Å². The van der Waals surface area contributed by atoms with Gasteiger partial charge in [0.2, 0.25) is 5.78 Å². The van der Waals surface area contributed by atoms with Crippen molar-refractivity contribution in [1.29, 1.82) is 0 Å². The number of thiophene rings is 1. The zero-order valence-electron chi connectivity index (χ0n) is 20.7. The summed E-state index contributed by atoms with van der Waals surface area (Å²) in [6, 6.07) is 20.0. The average molecular weight is 536 g/mol. The molecule has 2 aromatic carbocycles. The normalized spacial score (nSPS) is 14.1. The molecule has 1 saturated heterocycles. The van der Waals surface area contributed by atoms with Crippen LogP contribution in [0.5, 0.6) is 11.5 Å². The Morgan fingerprint density at radius 2 is 1.84 bits per heavy atom. The molecule has 1 aliphatic rings. The molecule has 4 heterocycles. The van der Waals surface area contributed by atoms with Crippen molar-refractivity contribution in [2.45, 2.75) is 25.5 Å². The van der Waals surface area contributed by atoms with Gasteiger partial charge in [-0.2, -0.15) is 0 Å². The number of carbonyl (C=O) groups excluding carboxylic acids is 1. The molecule has 37 heavy (non-hydrogen) atoms. The van der Waals surface area contributed by atoms with Crippen LogP contribution >= 0.6 is 23.7 Å². The summed E-state index contributed by atoms with van der Waals surface area (Å²) < 4.78 is 17.5. The van der Waals surface area contributed by atoms with Gasteiger partial charge < -0.3 is 23.9 Å². The van der Waals surface area contributed by atoms with Crippen LogP contribution in [0.2, 0.25) is 0 Å². The number of benzene rings is 2. The van der Waals surface area contributed by atoms with Crippen molar-refractivity contribution in [2.75, 3.05) is 19.7 Å². The molecule has 0 saturated carbocycles. The fourth-order valence-corrected chi connectivity index (χ4v) is 5.87. The summed E-state index contributed by atoms with van der Waals surface area (Å²) in [4.78, 5) is 13.6. The van der Waals surface area contributed by atoms with Crippen molar-refractivity contribution in [3.05, 3.63) is 83.5 Å². The molecule has 5 aromatic rings. The van der Waals surface area contributed by atoms with Crippen LogP contribution < -0.4 is 14.8 Å². The van der Waals surface area contributed by atoms with E-state index >= 15 is 0 Å². The van der Waals surface area contributed by atoms with Gasteiger partial charge in [0.05, 0.1) is 22.5 Å². The Morgan fingerprint density at radius 3 is 2.68 bits per heavy atom. The number of nitrogens with zero attached hydrogens (tertiary/aromatic N) is 2. The number of ether oxygens (including phenoxy) is 2. The van der Waals surface area contributed by atoms with Crippen molar-refractivity contribution < 1.29 is 14.3 Å². The molecule has 6 rings (SSSR count). The Labute approximate surface area is 226 Å². The highest BCUT2D eigenvalue weighted by Crippen LogP contribution is 2.29. The third-order valence-corrected chi connectivity index (χ3v) is 7.78. The molecule has 6 nitrogen and oxygen atoms in total. The Hall–Kier alpha value is -3.26. The SMILES string of the molecule is Cl.Cn1c(C(=O)c2cn(CCOc3cccc(OC4CCNCC4)c3)c3ccccc23)cc2sccc21. The number of piperidine rings is 1. The van der Waals surface area contributed by atoms with E-state index < -0.39 is 0 Å². The minimum atomic E-state index is 0. The fraction of sp³-hybridized carbons (Fsp3) is 0.276. The molecule has 192 valence electrons. The predicted octanol–water partition coefficient (Wildman–Crippen LogP) is 6.06. The molecule has 0 aliphatic carbocycles. The molecular formula is C29H30ClN3O3S. The lowest BCUT2D eigenvalue weighted by Gasteiger charge is -2.24. The van der Waals surface area contributed by atoms with Crippen molar-refractivity contribution in [3.8, 4) is 11.5 Å². The summed E-state index contributed by atoms with van der Waals surface area (Å²) in [5, 5.41) is 6.38. The Bertz CT molecular complexity index is 1530. The number of aryl methyl sites for hydroxylation is 1. The predicted molar refractivity (Wildman–Crippen MR) is 152 cm³/mol. The maximum Gasteiger partial charge on any atom is 0.211 e. The van der Waals surface area contributed by atoms with Gasteiger partial charge in [-0.15, -0.1) is 23.7 Å². The molecule has 1 fully saturated rings. The third kappa shape index (κ3) is 5.12. The number of carbonyl (C=O) groups is 1. The molecule has 0 radical (unpaired) electrons. The smallest absolute Gasteiger partial charge is 0.211 e. The van der Waals surface area contributed by atoms with Gasteiger partial charge in [-0.1, -0.05) is 24.3 Å². The van der Waals surface area contributed by atoms with Crippen LogP contribution in [0, 0.1) is 0 Å². The monoisotopic (exact) mass is 535 g/mol. The number of nitrogens with one attached hydrogen (secondary N) is 1. The quantitative estimate of drug-likeness (QED) is 0.245. The van der Waals surface area contributed by atoms with E-state index in [2.05, 4.69) is 27.4 Å². The van der Waals surface area contributed by atoms with Gasteiger partial charge >= 0.3 is 0 Å². The Morgan fingerprint density at radius 1 is 1.03 bits per heavy atom. The van der Waals surface area contributed by atoms with Gasteiger partial charge in [0.15, 0.2) is 0 Å². The molecule has 1 aliphatic heterocycles. The van der Waals surface area contributed by atoms with Crippen LogP contribution in [0.4, 0.5) is 0 Å². The molecule has 3 aromatic heterocycles. The van der Waals surface area contributed by atoms with E-state index in [1.54, 1.807) is 11.3 Å². The zero-order valence-corrected chi connectivity index (χ0v) is 22.3. The van der Waals surface area contributed by atoms with Crippen LogP contribution in [-0.4, -0.2) is 40.7 Å². The van der Waals surface area contributed by atoms with Gasteiger partial charge in [-0.25, -0.2) is 0 Å². The number of rotatable bonds is 8. The first-order chi connectivity index (χ1) is 17.7. The lowest BCUT2D eigenvalue weighted by Crippen LogP contribution is -2.34. The standard InChI is InChI=1S/C29H29N3O3S.ClH/c1-31-26-11-16-36-28(26)18-27(31)29(33)24-19-32(25-8-3-2-7-23(24)25)14-15-34-21-5-4-6-22(17-21)35-20-9-12-30-13-10-20;/h2-8,11,16-20,30H,9-10,12-15H2,1H3;1H. The number of fused-ring (bicyclic) bond motifs is 2. The van der Waals surface area contributed by atoms with E-state index in [0.29, 0.717) is 18.8 Å². The number of hydrogen-bond donors (Lipinski definition) is 1. The van der Waals surface area contributed by atoms with Gasteiger partial charge in [0.25, 0.3) is 0 Å². The number of aromatic nitrogens is 2. The second-order valence-electron chi connectivity index (χ2n) is 9.23. The first-order valence-corrected chi connectivity index (χ1v) is 13.3. The maximum atomic E-state index is 13.6. The number of hydrogen-bond acceptors (Lipinski definition) is 5. The Balaban J connectivity index is 0.00000280. The first-order valence-electron chi connectivity index (χ1n) is 12.4. The zero-order chi connectivity index (χ0) is 24.5. The minimum Gasteiger partial charge on any atom is -0.492 e. The summed E-state index contributed by atoms with van der Waals surface area (Å²) in [5.74, 6) is 1.68. The van der Waals surface area contributed by atoms with Gasteiger partial charge in [-0.05, 0) is 61.6 Å². The molecule has 0 bridgehead atoms. The minimum absolute atomic E-state index is 0. The van der Waals surface area contributed by atoms with Crippen LogP contribution in [0.25, 0.3) is 21.1 Å². The van der Waals surface area contributed by atoms with Crippen molar-refractivity contribution >= 4 is 50.6 Å². The lowest BCUT2D eigenvalue weighted by molar-refractivity contribution is 0.103. The van der Waals surface area contributed by atoms with E-state index in [9.17, 15) is 4.79 Å². The van der Waals surface area contributed by atoms with E-state index in [4.69, 9.17) is 9.47 Å². The van der Waals surface area contributed by atoms with Crippen molar-refractivity contribution in [3.63, 3.8) is 0 Å². The summed E-state index contributed by atoms with van der Waals surface area (Å²) in [7, 11) is 1.96. The molecular weight excluding hydrogens is 506 g/mol. The van der Waals surface area contributed by atoms with E-state index in [-0.39, 0.29) is 24.3 Å². The summed E-state index contributed by atoms with van der Waals surface area (Å²) >= 11 is 1.66. The second-order valence-corrected chi connectivity index (χ2v) is 10.2. The third-order valence-electron chi connectivity index (χ3n) is 6.93. The van der Waals surface area contributed by atoms with Gasteiger partial charge in [-0.3, -0.25) is 4.79 Å². The van der Waals surface area contributed by atoms with Crippen LogP contribution in [0.15, 0.2) is 72.2 Å². The highest BCUT2D eigenvalue weighted by atomic mass is 35.5. The summed E-state index contributed by atoms with van der Waals surface area (Å²) in [6.07, 6.45) is 4.26. The summed E-state index contributed by atoms with van der Waals surface area (Å²) in [6.45, 7) is 3.12. The maximum absolute atomic E-state index is 13.6. The highest BCUT2D eigenvalue weighted by Gasteiger charge is 2.21. The summed E-state index contributed by atoms with van der Waals surface area (Å²) in [5.41, 5.74) is 3.55. The van der Waals surface area contributed by atoms with Crippen LogP contribution in [0.3, 0.4) is 0 Å². The molecule has 0 spiro atoms. The number of ketones is 1. The lowest BCUT2D eigenvalue weighted by atomic mass is 10.1. The van der Waals surface area contributed by atoms with Crippen molar-refractivity contribution in [1.82, 2.24) is 14.5 Å². The van der Waals surface area contributed by atoms with E-state index in [1.165, 1.54) is 0 Å². The molecule has 8 heteroatoms. The Kier molecular flexibility index (Phi) is 7.55. The van der Waals surface area contributed by atoms with Gasteiger partial charge in [0.1, 0.15) is 24.2 Å². The first kappa shape index (κ1) is 25.4. The molecule has 0 unspecified atom stereocenters. The fourth-order valence-electron chi connectivity index (χ4n) is 5.02. The molecule has 0 amide bonds. The molecule has 1 N–H and O–H groups in total. The number of para-hydroxylation sites is 1. The largest absolute Gasteiger partial charge is 0.492 e. The second kappa shape index (κ2) is 11.0. The highest BCUT2D eigenvalue weighted by molar-refractivity contribution is 7.17. The number of halogens is 1. The topological polar surface area (TPSA) is 57.4 Å². The van der Waals surface area contributed by atoms with Gasteiger partial charge in [0, 0.05) is 35.8 Å². The van der Waals surface area contributed by atoms with E-state index in [1.807, 2.05) is 66.3 Å². The molecule has 0 atom stereocenters. The van der Waals surface area contributed by atoms with Crippen molar-refractivity contribution in [2.24, 2.45) is 7.05 Å².